The van der Waals surface area contributed by atoms with E-state index in [1.54, 1.807) is 0 Å². The molecule has 0 radical (unpaired) electrons. The van der Waals surface area contributed by atoms with Crippen LogP contribution in [0.2, 0.25) is 0 Å². The maximum Gasteiger partial charge on any atom is 0.0626 e. The Bertz CT molecular complexity index is 2400. The molecule has 2 heteroatoms. The molecular formula is C46H38N2. The Balaban J connectivity index is 1.06. The summed E-state index contributed by atoms with van der Waals surface area (Å²) in [6.07, 6.45) is 14.1. The standard InChI is InChI=1S/C46H38N2/c1-29-33(25-26-37-35-16-8-12-20-43(35)48(45(29)37)31-13-5-4-6-14-31)30-21-23-32(24-22-30)47-42-19-11-9-17-36(42)39-27-38-34-15-7-10-18-40(34)46(2,3)41(38)28-44(39)47/h4-29,33,35,43H,1-3H3. The van der Waals surface area contributed by atoms with Gasteiger partial charge in [-0.15, -0.1) is 0 Å². The van der Waals surface area contributed by atoms with E-state index in [0.717, 1.165) is 0 Å². The number of hydrogen-bond acceptors (Lipinski definition) is 1. The van der Waals surface area contributed by atoms with Gasteiger partial charge in [0.15, 0.2) is 0 Å². The molecule has 48 heavy (non-hydrogen) atoms. The van der Waals surface area contributed by atoms with Gasteiger partial charge in [0.25, 0.3) is 0 Å². The molecule has 0 saturated carbocycles. The summed E-state index contributed by atoms with van der Waals surface area (Å²) in [4.78, 5) is 2.60. The number of fused-ring (bicyclic) bond motifs is 8. The van der Waals surface area contributed by atoms with Crippen LogP contribution in [0.15, 0.2) is 163 Å². The van der Waals surface area contributed by atoms with Crippen molar-refractivity contribution in [2.24, 2.45) is 11.8 Å². The van der Waals surface area contributed by atoms with Crippen molar-refractivity contribution >= 4 is 27.5 Å². The van der Waals surface area contributed by atoms with Crippen LogP contribution in [-0.4, -0.2) is 10.6 Å². The molecule has 6 aromatic rings. The van der Waals surface area contributed by atoms with Gasteiger partial charge in [-0.25, -0.2) is 0 Å². The topological polar surface area (TPSA) is 8.17 Å². The van der Waals surface area contributed by atoms with Gasteiger partial charge in [-0.1, -0.05) is 130 Å². The molecule has 4 aliphatic rings. The lowest BCUT2D eigenvalue weighted by Crippen LogP contribution is -2.35. The molecule has 3 aliphatic carbocycles. The minimum Gasteiger partial charge on any atom is -0.337 e. The summed E-state index contributed by atoms with van der Waals surface area (Å²) in [6.45, 7) is 7.16. The maximum absolute atomic E-state index is 2.60. The highest BCUT2D eigenvalue weighted by Gasteiger charge is 2.43. The molecular weight excluding hydrogens is 581 g/mol. The van der Waals surface area contributed by atoms with Crippen LogP contribution in [0.25, 0.3) is 38.6 Å². The molecule has 1 aromatic heterocycles. The first-order valence-electron chi connectivity index (χ1n) is 17.4. The summed E-state index contributed by atoms with van der Waals surface area (Å²) in [7, 11) is 0. The number of hydrogen-bond donors (Lipinski definition) is 0. The van der Waals surface area contributed by atoms with Crippen molar-refractivity contribution in [3.8, 4) is 16.8 Å². The summed E-state index contributed by atoms with van der Waals surface area (Å²) in [6, 6.07) is 43.5. The second kappa shape index (κ2) is 10.1. The average Bonchev–Trinajstić information content (AvgIpc) is 3.72. The van der Waals surface area contributed by atoms with Crippen molar-refractivity contribution in [1.82, 2.24) is 4.57 Å². The van der Waals surface area contributed by atoms with E-state index in [9.17, 15) is 0 Å². The van der Waals surface area contributed by atoms with Gasteiger partial charge in [0, 0.05) is 51.0 Å². The molecule has 5 aromatic carbocycles. The van der Waals surface area contributed by atoms with Gasteiger partial charge in [0.1, 0.15) is 0 Å². The molecule has 4 atom stereocenters. The first-order valence-corrected chi connectivity index (χ1v) is 17.4. The summed E-state index contributed by atoms with van der Waals surface area (Å²) < 4.78 is 2.48. The van der Waals surface area contributed by atoms with Crippen molar-refractivity contribution in [2.75, 3.05) is 4.90 Å². The third kappa shape index (κ3) is 3.75. The summed E-state index contributed by atoms with van der Waals surface area (Å²) in [5.74, 6) is 1.04. The van der Waals surface area contributed by atoms with Crippen LogP contribution < -0.4 is 4.90 Å². The third-order valence-electron chi connectivity index (χ3n) is 11.7. The monoisotopic (exact) mass is 618 g/mol. The Morgan fingerprint density at radius 2 is 1.33 bits per heavy atom. The highest BCUT2D eigenvalue weighted by atomic mass is 15.2. The van der Waals surface area contributed by atoms with Gasteiger partial charge in [-0.2, -0.15) is 0 Å². The first-order chi connectivity index (χ1) is 23.5. The van der Waals surface area contributed by atoms with Crippen molar-refractivity contribution in [3.05, 3.63) is 180 Å². The fraction of sp³-hybridized carbons (Fsp3) is 0.174. The van der Waals surface area contributed by atoms with E-state index in [0.29, 0.717) is 23.8 Å². The van der Waals surface area contributed by atoms with Gasteiger partial charge in [0.05, 0.1) is 17.1 Å². The number of aromatic nitrogens is 1. The van der Waals surface area contributed by atoms with Crippen LogP contribution >= 0.6 is 0 Å². The molecule has 0 spiro atoms. The lowest BCUT2D eigenvalue weighted by molar-refractivity contribution is 0.575. The molecule has 2 heterocycles. The van der Waals surface area contributed by atoms with E-state index in [-0.39, 0.29) is 5.41 Å². The molecule has 2 nitrogen and oxygen atoms in total. The fourth-order valence-corrected chi connectivity index (χ4v) is 9.41. The second-order valence-corrected chi connectivity index (χ2v) is 14.5. The van der Waals surface area contributed by atoms with Gasteiger partial charge < -0.3 is 9.47 Å². The van der Waals surface area contributed by atoms with Gasteiger partial charge in [-0.3, -0.25) is 0 Å². The number of anilines is 1. The van der Waals surface area contributed by atoms with Crippen LogP contribution in [0.4, 0.5) is 5.69 Å². The van der Waals surface area contributed by atoms with E-state index in [2.05, 4.69) is 182 Å². The molecule has 0 N–H and O–H groups in total. The zero-order chi connectivity index (χ0) is 32.1. The number of allylic oxidation sites excluding steroid dienone is 5. The molecule has 0 fully saturated rings. The molecule has 4 unspecified atom stereocenters. The van der Waals surface area contributed by atoms with E-state index in [4.69, 9.17) is 0 Å². The number of nitrogens with zero attached hydrogens (tertiary/aromatic N) is 2. The zero-order valence-electron chi connectivity index (χ0n) is 27.6. The molecule has 0 bridgehead atoms. The third-order valence-corrected chi connectivity index (χ3v) is 11.7. The first kappa shape index (κ1) is 27.7. The van der Waals surface area contributed by atoms with E-state index >= 15 is 0 Å². The quantitative estimate of drug-likeness (QED) is 0.192. The summed E-state index contributed by atoms with van der Waals surface area (Å²) in [5, 5.41) is 2.62. The average molecular weight is 619 g/mol. The Morgan fingerprint density at radius 3 is 2.19 bits per heavy atom. The summed E-state index contributed by atoms with van der Waals surface area (Å²) in [5.41, 5.74) is 14.8. The minimum absolute atomic E-state index is 0.0424. The van der Waals surface area contributed by atoms with Gasteiger partial charge >= 0.3 is 0 Å². The Morgan fingerprint density at radius 1 is 0.583 bits per heavy atom. The Labute approximate surface area is 282 Å². The smallest absolute Gasteiger partial charge is 0.0626 e. The van der Waals surface area contributed by atoms with E-state index < -0.39 is 0 Å². The number of para-hydroxylation sites is 2. The largest absolute Gasteiger partial charge is 0.337 e. The zero-order valence-corrected chi connectivity index (χ0v) is 27.6. The van der Waals surface area contributed by atoms with Gasteiger partial charge in [-0.05, 0) is 75.9 Å². The fourth-order valence-electron chi connectivity index (χ4n) is 9.41. The normalized spacial score (nSPS) is 23.1. The van der Waals surface area contributed by atoms with Gasteiger partial charge in [0.2, 0.25) is 0 Å². The van der Waals surface area contributed by atoms with Crippen molar-refractivity contribution in [3.63, 3.8) is 0 Å². The number of rotatable bonds is 3. The molecule has 0 amide bonds. The molecule has 1 aliphatic heterocycles. The SMILES string of the molecule is CC1C2=C(C=CC1c1ccc(-n3c4ccccc4c4cc5c(cc43)C(C)(C)c3ccccc3-5)cc1)C1C=CC=CC1N2c1ccccc1. The van der Waals surface area contributed by atoms with Crippen LogP contribution in [-0.2, 0) is 5.41 Å². The molecule has 0 saturated heterocycles. The predicted octanol–water partition coefficient (Wildman–Crippen LogP) is 11.3. The number of benzene rings is 5. The molecule has 232 valence electrons. The van der Waals surface area contributed by atoms with Crippen LogP contribution in [0, 0.1) is 11.8 Å². The van der Waals surface area contributed by atoms with Crippen LogP contribution in [0.5, 0.6) is 0 Å². The van der Waals surface area contributed by atoms with Crippen LogP contribution in [0.3, 0.4) is 0 Å². The minimum atomic E-state index is -0.0424. The lowest BCUT2D eigenvalue weighted by Gasteiger charge is -2.35. The van der Waals surface area contributed by atoms with Crippen molar-refractivity contribution in [1.29, 1.82) is 0 Å². The maximum atomic E-state index is 2.60. The van der Waals surface area contributed by atoms with E-state index in [1.165, 1.54) is 72.3 Å². The Hall–Kier alpha value is -5.34. The van der Waals surface area contributed by atoms with Crippen LogP contribution in [0.1, 0.15) is 43.4 Å². The van der Waals surface area contributed by atoms with Crippen molar-refractivity contribution in [2.45, 2.75) is 38.1 Å². The highest BCUT2D eigenvalue weighted by Crippen LogP contribution is 2.52. The molecule has 10 rings (SSSR count). The highest BCUT2D eigenvalue weighted by molar-refractivity contribution is 6.11. The predicted molar refractivity (Wildman–Crippen MR) is 201 cm³/mol. The van der Waals surface area contributed by atoms with Crippen molar-refractivity contribution < 1.29 is 0 Å². The van der Waals surface area contributed by atoms with E-state index in [1.807, 2.05) is 0 Å². The lowest BCUT2D eigenvalue weighted by atomic mass is 9.78. The summed E-state index contributed by atoms with van der Waals surface area (Å²) >= 11 is 0. The Kier molecular flexibility index (Phi) is 5.83. The second-order valence-electron chi connectivity index (χ2n) is 14.5.